The lowest BCUT2D eigenvalue weighted by molar-refractivity contribution is -0.141. The highest BCUT2D eigenvalue weighted by atomic mass is 35.5. The number of thiophene rings is 1. The smallest absolute Gasteiger partial charge is 0.417 e. The number of alkyl halides is 3. The Kier molecular flexibility index (Phi) is 12.7. The molecule has 0 saturated carbocycles. The molecule has 1 atom stereocenters. The second kappa shape index (κ2) is 17.3. The van der Waals surface area contributed by atoms with Crippen molar-refractivity contribution >= 4 is 34.8 Å². The Morgan fingerprint density at radius 3 is 2.18 bits per heavy atom. The van der Waals surface area contributed by atoms with Crippen LogP contribution in [0.1, 0.15) is 51.1 Å². The summed E-state index contributed by atoms with van der Waals surface area (Å²) in [5.41, 5.74) is 2.35. The number of hydrogen-bond donors (Lipinski definition) is 2. The van der Waals surface area contributed by atoms with Gasteiger partial charge < -0.3 is 15.2 Å². The van der Waals surface area contributed by atoms with E-state index < -0.39 is 29.7 Å². The van der Waals surface area contributed by atoms with Crippen molar-refractivity contribution in [3.63, 3.8) is 0 Å². The van der Waals surface area contributed by atoms with E-state index >= 15 is 0 Å². The van der Waals surface area contributed by atoms with Crippen LogP contribution in [-0.4, -0.2) is 41.6 Å². The number of carbonyl (C=O) groups is 2. The van der Waals surface area contributed by atoms with E-state index in [0.717, 1.165) is 17.2 Å². The third-order valence-corrected chi connectivity index (χ3v) is 9.54. The van der Waals surface area contributed by atoms with Gasteiger partial charge in [0, 0.05) is 30.4 Å². The summed E-state index contributed by atoms with van der Waals surface area (Å²) < 4.78 is 47.2. The quantitative estimate of drug-likeness (QED) is 0.0996. The number of hydrogen-bond acceptors (Lipinski definition) is 5. The normalized spacial score (nSPS) is 12.2. The molecule has 1 amide bonds. The number of amides is 1. The van der Waals surface area contributed by atoms with E-state index in [-0.39, 0.29) is 23.9 Å². The fourth-order valence-corrected chi connectivity index (χ4v) is 6.82. The van der Waals surface area contributed by atoms with Crippen LogP contribution >= 0.6 is 22.9 Å². The van der Waals surface area contributed by atoms with E-state index in [1.807, 2.05) is 60.7 Å². The van der Waals surface area contributed by atoms with Gasteiger partial charge in [-0.15, -0.1) is 11.3 Å². The maximum absolute atomic E-state index is 13.7. The first-order valence-electron chi connectivity index (χ1n) is 16.0. The minimum Gasteiger partial charge on any atom is -0.494 e. The number of carboxylic acid groups (broad SMARTS) is 1. The van der Waals surface area contributed by atoms with Gasteiger partial charge in [0.05, 0.1) is 23.6 Å². The zero-order chi connectivity index (χ0) is 35.5. The largest absolute Gasteiger partial charge is 0.494 e. The Labute approximate surface area is 298 Å². The maximum atomic E-state index is 13.7. The minimum atomic E-state index is -4.57. The molecular formula is C39H36ClF3N2O4S. The first-order chi connectivity index (χ1) is 24.1. The van der Waals surface area contributed by atoms with Gasteiger partial charge in [-0.25, -0.2) is 4.79 Å². The van der Waals surface area contributed by atoms with Gasteiger partial charge in [-0.1, -0.05) is 103 Å². The van der Waals surface area contributed by atoms with Crippen LogP contribution in [0.5, 0.6) is 5.75 Å². The van der Waals surface area contributed by atoms with Gasteiger partial charge in [0.25, 0.3) is 0 Å². The molecule has 5 rings (SSSR count). The fraction of sp³-hybridized carbons (Fsp3) is 0.231. The molecule has 11 heteroatoms. The summed E-state index contributed by atoms with van der Waals surface area (Å²) in [5.74, 6) is -1.08. The van der Waals surface area contributed by atoms with Crippen LogP contribution in [0, 0.1) is 0 Å². The van der Waals surface area contributed by atoms with Crippen LogP contribution in [0.25, 0.3) is 0 Å². The van der Waals surface area contributed by atoms with Crippen LogP contribution < -0.4 is 10.1 Å². The number of carboxylic acids is 1. The van der Waals surface area contributed by atoms with Crippen molar-refractivity contribution in [1.29, 1.82) is 0 Å². The summed E-state index contributed by atoms with van der Waals surface area (Å²) in [6, 6.07) is 33.3. The molecule has 2 N–H and O–H groups in total. The fourth-order valence-electron chi connectivity index (χ4n) is 5.76. The van der Waals surface area contributed by atoms with Crippen LogP contribution in [0.2, 0.25) is 5.02 Å². The van der Waals surface area contributed by atoms with E-state index in [9.17, 15) is 27.9 Å². The van der Waals surface area contributed by atoms with Crippen molar-refractivity contribution in [2.75, 3.05) is 19.7 Å². The van der Waals surface area contributed by atoms with Gasteiger partial charge in [-0.2, -0.15) is 13.2 Å². The number of nitrogens with one attached hydrogen (secondary N) is 1. The molecule has 1 aromatic heterocycles. The first kappa shape index (κ1) is 36.6. The van der Waals surface area contributed by atoms with E-state index in [1.165, 1.54) is 17.4 Å². The van der Waals surface area contributed by atoms with Crippen molar-refractivity contribution in [2.45, 2.75) is 37.5 Å². The van der Waals surface area contributed by atoms with Crippen LogP contribution in [0.3, 0.4) is 0 Å². The highest BCUT2D eigenvalue weighted by Gasteiger charge is 2.34. The molecule has 0 aliphatic carbocycles. The number of rotatable bonds is 16. The summed E-state index contributed by atoms with van der Waals surface area (Å²) in [5, 5.41) is 13.6. The number of carbonyl (C=O) groups excluding carboxylic acids is 1. The Morgan fingerprint density at radius 2 is 1.56 bits per heavy atom. The predicted octanol–water partition coefficient (Wildman–Crippen LogP) is 9.01. The lowest BCUT2D eigenvalue weighted by atomic mass is 9.90. The van der Waals surface area contributed by atoms with Crippen molar-refractivity contribution in [1.82, 2.24) is 10.2 Å². The second-order valence-electron chi connectivity index (χ2n) is 11.8. The first-order valence-corrected chi connectivity index (χ1v) is 17.3. The van der Waals surface area contributed by atoms with E-state index in [0.29, 0.717) is 47.9 Å². The minimum absolute atomic E-state index is 0.0295. The van der Waals surface area contributed by atoms with E-state index in [2.05, 4.69) is 10.2 Å². The molecule has 0 aliphatic heterocycles. The molecule has 5 aromatic rings. The number of aliphatic carboxylic acids is 1. The molecule has 4 aromatic carbocycles. The Hall–Kier alpha value is -4.64. The Morgan fingerprint density at radius 1 is 0.880 bits per heavy atom. The molecule has 0 spiro atoms. The summed E-state index contributed by atoms with van der Waals surface area (Å²) in [4.78, 5) is 27.1. The molecule has 260 valence electrons. The molecule has 1 unspecified atom stereocenters. The van der Waals surface area contributed by atoms with Crippen LogP contribution in [0.4, 0.5) is 13.2 Å². The van der Waals surface area contributed by atoms with E-state index in [4.69, 9.17) is 16.3 Å². The summed E-state index contributed by atoms with van der Waals surface area (Å²) in [6.07, 6.45) is -4.05. The molecule has 50 heavy (non-hydrogen) atoms. The third kappa shape index (κ3) is 10.2. The third-order valence-electron chi connectivity index (χ3n) is 8.15. The lowest BCUT2D eigenvalue weighted by Gasteiger charge is -2.29. The lowest BCUT2D eigenvalue weighted by Crippen LogP contribution is -2.34. The van der Waals surface area contributed by atoms with Gasteiger partial charge >= 0.3 is 12.1 Å². The average Bonchev–Trinajstić information content (AvgIpc) is 3.64. The Balaban J connectivity index is 1.27. The zero-order valence-corrected chi connectivity index (χ0v) is 28.6. The monoisotopic (exact) mass is 720 g/mol. The molecule has 6 nitrogen and oxygen atoms in total. The predicted molar refractivity (Wildman–Crippen MR) is 190 cm³/mol. The average molecular weight is 721 g/mol. The molecule has 0 aliphatic rings. The Bertz CT molecular complexity index is 1800. The van der Waals surface area contributed by atoms with Gasteiger partial charge in [-0.3, -0.25) is 9.69 Å². The molecule has 0 bridgehead atoms. The number of nitrogens with zero attached hydrogens (tertiary/aromatic N) is 1. The van der Waals surface area contributed by atoms with Gasteiger partial charge in [0.2, 0.25) is 5.91 Å². The summed E-state index contributed by atoms with van der Waals surface area (Å²) >= 11 is 7.60. The topological polar surface area (TPSA) is 78.9 Å². The number of ether oxygens (including phenoxy) is 1. The van der Waals surface area contributed by atoms with Crippen molar-refractivity contribution in [3.05, 3.63) is 158 Å². The zero-order valence-electron chi connectivity index (χ0n) is 27.0. The highest BCUT2D eigenvalue weighted by Crippen LogP contribution is 2.37. The molecule has 0 radical (unpaired) electrons. The summed E-state index contributed by atoms with van der Waals surface area (Å²) in [6.45, 7) is 1.54. The standard InChI is InChI=1S/C39H36ClF3N2O4S/c40-36-30(16-8-18-33(36)39(41,42)43)25-45(26-32(28-12-3-1-4-13-28)29-14-5-2-6-15-29)20-10-21-49-31-17-7-11-27(23-31)24-35(46)44-37(38(47)48)34-19-9-22-50-34/h1-9,11-19,22-23,32,37H,10,20-21,24-26H2,(H,44,46)(H,47,48). The van der Waals surface area contributed by atoms with Gasteiger partial charge in [0.15, 0.2) is 6.04 Å². The second-order valence-corrected chi connectivity index (χ2v) is 13.1. The molecule has 0 saturated heterocycles. The van der Waals surface area contributed by atoms with Gasteiger partial charge in [-0.05, 0) is 58.3 Å². The van der Waals surface area contributed by atoms with Crippen molar-refractivity contribution in [3.8, 4) is 5.75 Å². The van der Waals surface area contributed by atoms with Crippen molar-refractivity contribution < 1.29 is 32.6 Å². The van der Waals surface area contributed by atoms with Crippen molar-refractivity contribution in [2.24, 2.45) is 0 Å². The molecule has 0 fully saturated rings. The number of halogens is 4. The molecular weight excluding hydrogens is 685 g/mol. The van der Waals surface area contributed by atoms with Crippen LogP contribution in [0.15, 0.2) is 121 Å². The summed E-state index contributed by atoms with van der Waals surface area (Å²) in [7, 11) is 0. The molecule has 1 heterocycles. The number of benzene rings is 4. The SMILES string of the molecule is O=C(Cc1cccc(OCCCN(Cc2cccc(C(F)(F)F)c2Cl)CC(c2ccccc2)c2ccccc2)c1)NC(C(=O)O)c1cccs1. The van der Waals surface area contributed by atoms with Gasteiger partial charge in [0.1, 0.15) is 5.75 Å². The maximum Gasteiger partial charge on any atom is 0.417 e. The van der Waals surface area contributed by atoms with Crippen LogP contribution in [-0.2, 0) is 28.7 Å². The van der Waals surface area contributed by atoms with E-state index in [1.54, 1.807) is 47.8 Å². The highest BCUT2D eigenvalue weighted by molar-refractivity contribution is 7.10.